The standard InChI is InChI=1S/C24H22ClFN4O4/c1-3-34-22(32)19-12-20-21(31)30(18-10-8-17(26)9-11-18)24(2,14-29(20)28-19)23(33)27-13-15-4-6-16(25)7-5-15/h4-12H,3,13-14H2,1-2H3,(H,27,33)/t24-/m0/s1. The zero-order valence-corrected chi connectivity index (χ0v) is 19.3. The average molecular weight is 485 g/mol. The molecule has 1 atom stereocenters. The van der Waals surface area contributed by atoms with Gasteiger partial charge in [-0.1, -0.05) is 23.7 Å². The first kappa shape index (κ1) is 23.4. The van der Waals surface area contributed by atoms with Gasteiger partial charge in [-0.2, -0.15) is 5.10 Å². The smallest absolute Gasteiger partial charge is 0.358 e. The van der Waals surface area contributed by atoms with Crippen molar-refractivity contribution in [1.82, 2.24) is 15.1 Å². The number of carbonyl (C=O) groups is 3. The molecule has 4 rings (SSSR count). The molecule has 8 nitrogen and oxygen atoms in total. The summed E-state index contributed by atoms with van der Waals surface area (Å²) in [7, 11) is 0. The number of carbonyl (C=O) groups excluding carboxylic acids is 3. The number of rotatable bonds is 6. The first-order valence-electron chi connectivity index (χ1n) is 10.6. The van der Waals surface area contributed by atoms with Crippen molar-refractivity contribution >= 4 is 35.1 Å². The van der Waals surface area contributed by atoms with Crippen LogP contribution in [0.5, 0.6) is 0 Å². The Kier molecular flexibility index (Phi) is 6.39. The summed E-state index contributed by atoms with van der Waals surface area (Å²) in [5.41, 5.74) is -0.181. The molecule has 0 unspecified atom stereocenters. The first-order chi connectivity index (χ1) is 16.2. The van der Waals surface area contributed by atoms with Crippen LogP contribution in [0, 0.1) is 5.82 Å². The highest BCUT2D eigenvalue weighted by molar-refractivity contribution is 6.30. The monoisotopic (exact) mass is 484 g/mol. The molecule has 2 aromatic carbocycles. The van der Waals surface area contributed by atoms with Crippen molar-refractivity contribution < 1.29 is 23.5 Å². The Labute approximate surface area is 200 Å². The Balaban J connectivity index is 1.70. The molecule has 0 saturated carbocycles. The Hall–Kier alpha value is -3.72. The summed E-state index contributed by atoms with van der Waals surface area (Å²) in [6, 6.07) is 13.6. The van der Waals surface area contributed by atoms with Crippen LogP contribution in [0.3, 0.4) is 0 Å². The fourth-order valence-corrected chi connectivity index (χ4v) is 3.98. The van der Waals surface area contributed by atoms with E-state index in [9.17, 15) is 18.8 Å². The van der Waals surface area contributed by atoms with Gasteiger partial charge in [-0.05, 0) is 55.8 Å². The predicted molar refractivity (Wildman–Crippen MR) is 123 cm³/mol. The molecular formula is C24H22ClFN4O4. The normalized spacial score (nSPS) is 17.3. The summed E-state index contributed by atoms with van der Waals surface area (Å²) in [6.45, 7) is 3.59. The molecule has 2 heterocycles. The SMILES string of the molecule is CCOC(=O)c1cc2n(n1)C[C@@](C)(C(=O)NCc1ccc(Cl)cc1)N(c1ccc(F)cc1)C2=O. The van der Waals surface area contributed by atoms with Crippen LogP contribution in [0.4, 0.5) is 10.1 Å². The van der Waals surface area contributed by atoms with E-state index in [1.807, 2.05) is 0 Å². The van der Waals surface area contributed by atoms with E-state index in [0.717, 1.165) is 5.56 Å². The van der Waals surface area contributed by atoms with Gasteiger partial charge in [0, 0.05) is 23.3 Å². The van der Waals surface area contributed by atoms with E-state index in [0.29, 0.717) is 10.7 Å². The number of benzene rings is 2. The van der Waals surface area contributed by atoms with Crippen LogP contribution in [-0.2, 0) is 22.6 Å². The molecule has 2 amide bonds. The molecule has 0 spiro atoms. The minimum atomic E-state index is -1.42. The molecule has 0 radical (unpaired) electrons. The van der Waals surface area contributed by atoms with Gasteiger partial charge in [-0.15, -0.1) is 0 Å². The van der Waals surface area contributed by atoms with Gasteiger partial charge in [0.1, 0.15) is 17.1 Å². The van der Waals surface area contributed by atoms with Crippen molar-refractivity contribution in [1.29, 1.82) is 0 Å². The molecule has 1 N–H and O–H groups in total. The van der Waals surface area contributed by atoms with Crippen LogP contribution in [-0.4, -0.2) is 39.7 Å². The average Bonchev–Trinajstić information content (AvgIpc) is 3.24. The topological polar surface area (TPSA) is 93.5 Å². The number of nitrogens with zero attached hydrogens (tertiary/aromatic N) is 3. The second-order valence-corrected chi connectivity index (χ2v) is 8.43. The van der Waals surface area contributed by atoms with E-state index in [-0.39, 0.29) is 31.1 Å². The summed E-state index contributed by atoms with van der Waals surface area (Å²) < 4.78 is 19.9. The van der Waals surface area contributed by atoms with Crippen molar-refractivity contribution in [2.75, 3.05) is 11.5 Å². The van der Waals surface area contributed by atoms with Gasteiger partial charge >= 0.3 is 5.97 Å². The van der Waals surface area contributed by atoms with Gasteiger partial charge < -0.3 is 10.1 Å². The van der Waals surface area contributed by atoms with E-state index >= 15 is 0 Å². The van der Waals surface area contributed by atoms with Gasteiger partial charge in [-0.3, -0.25) is 19.2 Å². The van der Waals surface area contributed by atoms with Gasteiger partial charge in [0.2, 0.25) is 5.91 Å². The van der Waals surface area contributed by atoms with Crippen LogP contribution >= 0.6 is 11.6 Å². The number of hydrogen-bond donors (Lipinski definition) is 1. The molecule has 0 aliphatic carbocycles. The molecule has 34 heavy (non-hydrogen) atoms. The third-order valence-electron chi connectivity index (χ3n) is 5.58. The molecule has 0 fully saturated rings. The number of halogens is 2. The first-order valence-corrected chi connectivity index (χ1v) is 11.0. The maximum atomic E-state index is 13.6. The van der Waals surface area contributed by atoms with Crippen LogP contribution in [0.1, 0.15) is 40.4 Å². The fourth-order valence-electron chi connectivity index (χ4n) is 3.86. The summed E-state index contributed by atoms with van der Waals surface area (Å²) in [5, 5.41) is 7.64. The lowest BCUT2D eigenvalue weighted by molar-refractivity contribution is -0.126. The second kappa shape index (κ2) is 9.26. The number of anilines is 1. The van der Waals surface area contributed by atoms with Crippen LogP contribution < -0.4 is 10.2 Å². The van der Waals surface area contributed by atoms with Crippen molar-refractivity contribution in [2.24, 2.45) is 0 Å². The fraction of sp³-hybridized carbons (Fsp3) is 0.250. The lowest BCUT2D eigenvalue weighted by Gasteiger charge is -2.43. The zero-order chi connectivity index (χ0) is 24.5. The maximum absolute atomic E-state index is 13.6. The third kappa shape index (κ3) is 4.38. The highest BCUT2D eigenvalue weighted by Gasteiger charge is 2.49. The highest BCUT2D eigenvalue weighted by atomic mass is 35.5. The minimum Gasteiger partial charge on any atom is -0.461 e. The third-order valence-corrected chi connectivity index (χ3v) is 5.83. The summed E-state index contributed by atoms with van der Waals surface area (Å²) in [5.74, 6) is -2.14. The van der Waals surface area contributed by atoms with Crippen molar-refractivity contribution in [3.8, 4) is 0 Å². The van der Waals surface area contributed by atoms with Gasteiger partial charge in [-0.25, -0.2) is 9.18 Å². The molecular weight excluding hydrogens is 463 g/mol. The van der Waals surface area contributed by atoms with E-state index in [4.69, 9.17) is 16.3 Å². The van der Waals surface area contributed by atoms with Crippen molar-refractivity contribution in [3.63, 3.8) is 0 Å². The lowest BCUT2D eigenvalue weighted by atomic mass is 9.94. The van der Waals surface area contributed by atoms with Crippen LogP contribution in [0.15, 0.2) is 54.6 Å². The summed E-state index contributed by atoms with van der Waals surface area (Å²) in [4.78, 5) is 40.5. The number of nitrogens with one attached hydrogen (secondary N) is 1. The van der Waals surface area contributed by atoms with Crippen molar-refractivity contribution in [2.45, 2.75) is 32.5 Å². The number of fused-ring (bicyclic) bond motifs is 1. The zero-order valence-electron chi connectivity index (χ0n) is 18.5. The molecule has 10 heteroatoms. The minimum absolute atomic E-state index is 0.0305. The number of hydrogen-bond acceptors (Lipinski definition) is 5. The Morgan fingerprint density at radius 2 is 1.85 bits per heavy atom. The molecule has 1 aliphatic rings. The van der Waals surface area contributed by atoms with Crippen LogP contribution in [0.2, 0.25) is 5.02 Å². The Morgan fingerprint density at radius 1 is 1.18 bits per heavy atom. The lowest BCUT2D eigenvalue weighted by Crippen LogP contribution is -2.64. The number of esters is 1. The molecule has 1 aliphatic heterocycles. The number of ether oxygens (including phenoxy) is 1. The van der Waals surface area contributed by atoms with Crippen LogP contribution in [0.25, 0.3) is 0 Å². The molecule has 1 aromatic heterocycles. The van der Waals surface area contributed by atoms with Crippen molar-refractivity contribution in [3.05, 3.63) is 82.4 Å². The van der Waals surface area contributed by atoms with E-state index in [1.165, 1.54) is 39.9 Å². The van der Waals surface area contributed by atoms with E-state index in [2.05, 4.69) is 10.4 Å². The number of amides is 2. The molecule has 0 saturated heterocycles. The quantitative estimate of drug-likeness (QED) is 0.540. The van der Waals surface area contributed by atoms with Gasteiger partial charge in [0.15, 0.2) is 5.69 Å². The Morgan fingerprint density at radius 3 is 2.50 bits per heavy atom. The summed E-state index contributed by atoms with van der Waals surface area (Å²) in [6.07, 6.45) is 0. The number of aromatic nitrogens is 2. The second-order valence-electron chi connectivity index (χ2n) is 7.99. The van der Waals surface area contributed by atoms with E-state index < -0.39 is 29.1 Å². The van der Waals surface area contributed by atoms with E-state index in [1.54, 1.807) is 38.1 Å². The Bertz CT molecular complexity index is 1240. The molecule has 0 bridgehead atoms. The molecule has 3 aromatic rings. The molecule has 176 valence electrons. The predicted octanol–water partition coefficient (Wildman–Crippen LogP) is 3.59. The highest BCUT2D eigenvalue weighted by Crippen LogP contribution is 2.33. The van der Waals surface area contributed by atoms with Gasteiger partial charge in [0.05, 0.1) is 13.2 Å². The maximum Gasteiger partial charge on any atom is 0.358 e. The summed E-state index contributed by atoms with van der Waals surface area (Å²) >= 11 is 5.92. The largest absolute Gasteiger partial charge is 0.461 e. The van der Waals surface area contributed by atoms with Gasteiger partial charge in [0.25, 0.3) is 5.91 Å².